The molecule has 0 spiro atoms. The van der Waals surface area contributed by atoms with E-state index in [4.69, 9.17) is 11.6 Å². The summed E-state index contributed by atoms with van der Waals surface area (Å²) in [6.45, 7) is 0. The number of phenolic OH excluding ortho intramolecular Hbond substituents is 1. The number of aromatic carboxylic acids is 1. The Labute approximate surface area is 171 Å². The van der Waals surface area contributed by atoms with Gasteiger partial charge in [0.25, 0.3) is 10.0 Å². The van der Waals surface area contributed by atoms with Crippen LogP contribution in [-0.2, 0) is 19.9 Å². The molecule has 0 aliphatic carbocycles. The Morgan fingerprint density at radius 2 is 1.83 bits per heavy atom. The van der Waals surface area contributed by atoms with E-state index in [9.17, 15) is 36.9 Å². The standard InChI is InChI=1S/C17H16ClNO8S2/c18-13-5-4-10(17(22)23)6-16(13)29(26,27)19(11-2-1-3-12(20)7-11)14-8-28(24,25)9-15(14)21/h1-7,14-15,20-21H,8-9H2,(H,22,23)/t14-,15-/m0/s1. The largest absolute Gasteiger partial charge is 0.508 e. The summed E-state index contributed by atoms with van der Waals surface area (Å²) in [4.78, 5) is 10.7. The minimum Gasteiger partial charge on any atom is -0.508 e. The smallest absolute Gasteiger partial charge is 0.335 e. The maximum Gasteiger partial charge on any atom is 0.335 e. The third kappa shape index (κ3) is 4.17. The molecular weight excluding hydrogens is 446 g/mol. The first kappa shape index (κ1) is 21.4. The van der Waals surface area contributed by atoms with Crippen molar-refractivity contribution in [1.82, 2.24) is 0 Å². The van der Waals surface area contributed by atoms with E-state index >= 15 is 0 Å². The van der Waals surface area contributed by atoms with Crippen LogP contribution in [0.1, 0.15) is 10.4 Å². The number of aliphatic hydroxyl groups excluding tert-OH is 1. The Bertz CT molecular complexity index is 1180. The molecule has 2 aromatic rings. The Balaban J connectivity index is 2.24. The molecule has 2 atom stereocenters. The number of carbonyl (C=O) groups is 1. The van der Waals surface area contributed by atoms with Crippen LogP contribution >= 0.6 is 11.6 Å². The highest BCUT2D eigenvalue weighted by atomic mass is 35.5. The third-order valence-corrected chi connectivity index (χ3v) is 8.43. The minimum atomic E-state index is -4.62. The molecule has 9 nitrogen and oxygen atoms in total. The summed E-state index contributed by atoms with van der Waals surface area (Å²) in [6.07, 6.45) is -1.53. The lowest BCUT2D eigenvalue weighted by Crippen LogP contribution is -2.47. The van der Waals surface area contributed by atoms with Crippen molar-refractivity contribution in [2.45, 2.75) is 17.0 Å². The molecule has 1 aliphatic heterocycles. The highest BCUT2D eigenvalue weighted by Gasteiger charge is 2.45. The summed E-state index contributed by atoms with van der Waals surface area (Å²) < 4.78 is 51.5. The van der Waals surface area contributed by atoms with Crippen LogP contribution in [0.5, 0.6) is 5.75 Å². The van der Waals surface area contributed by atoms with Crippen molar-refractivity contribution in [3.05, 3.63) is 53.1 Å². The van der Waals surface area contributed by atoms with E-state index < -0.39 is 54.4 Å². The molecule has 0 amide bonds. The molecule has 0 aromatic heterocycles. The number of anilines is 1. The third-order valence-electron chi connectivity index (χ3n) is 4.39. The van der Waals surface area contributed by atoms with Crippen molar-refractivity contribution < 1.29 is 36.9 Å². The maximum absolute atomic E-state index is 13.4. The average molecular weight is 462 g/mol. The molecule has 0 unspecified atom stereocenters. The van der Waals surface area contributed by atoms with Gasteiger partial charge in [0.15, 0.2) is 9.84 Å². The highest BCUT2D eigenvalue weighted by Crippen LogP contribution is 2.35. The Morgan fingerprint density at radius 3 is 2.38 bits per heavy atom. The van der Waals surface area contributed by atoms with Gasteiger partial charge in [0, 0.05) is 6.07 Å². The summed E-state index contributed by atoms with van der Waals surface area (Å²) >= 11 is 6.02. The van der Waals surface area contributed by atoms with Crippen molar-refractivity contribution in [1.29, 1.82) is 0 Å². The number of aromatic hydroxyl groups is 1. The number of hydrogen-bond donors (Lipinski definition) is 3. The number of carboxylic acids is 1. The predicted molar refractivity (Wildman–Crippen MR) is 105 cm³/mol. The number of hydrogen-bond acceptors (Lipinski definition) is 7. The zero-order valence-corrected chi connectivity index (χ0v) is 17.0. The first-order chi connectivity index (χ1) is 13.4. The molecule has 1 heterocycles. The molecule has 0 bridgehead atoms. The van der Waals surface area contributed by atoms with Gasteiger partial charge in [0.2, 0.25) is 0 Å². The molecule has 0 radical (unpaired) electrons. The van der Waals surface area contributed by atoms with Crippen molar-refractivity contribution in [3.8, 4) is 5.75 Å². The first-order valence-corrected chi connectivity index (χ1v) is 11.8. The minimum absolute atomic E-state index is 0.108. The van der Waals surface area contributed by atoms with Crippen molar-refractivity contribution >= 4 is 43.1 Å². The predicted octanol–water partition coefficient (Wildman–Crippen LogP) is 1.10. The van der Waals surface area contributed by atoms with E-state index in [0.29, 0.717) is 4.31 Å². The molecular formula is C17H16ClNO8S2. The van der Waals surface area contributed by atoms with Crippen LogP contribution in [-0.4, -0.2) is 61.8 Å². The quantitative estimate of drug-likeness (QED) is 0.599. The van der Waals surface area contributed by atoms with Gasteiger partial charge < -0.3 is 15.3 Å². The number of sulfonamides is 1. The van der Waals surface area contributed by atoms with Gasteiger partial charge in [0.1, 0.15) is 10.6 Å². The van der Waals surface area contributed by atoms with Gasteiger partial charge in [-0.25, -0.2) is 21.6 Å². The fourth-order valence-corrected chi connectivity index (χ4v) is 7.15. The van der Waals surface area contributed by atoms with E-state index in [1.54, 1.807) is 0 Å². The van der Waals surface area contributed by atoms with Crippen LogP contribution in [0.15, 0.2) is 47.4 Å². The topological polar surface area (TPSA) is 149 Å². The number of nitrogens with zero attached hydrogens (tertiary/aromatic N) is 1. The summed E-state index contributed by atoms with van der Waals surface area (Å²) in [5.41, 5.74) is -0.452. The molecule has 0 saturated carbocycles. The number of sulfone groups is 1. The van der Waals surface area contributed by atoms with Crippen LogP contribution in [0.25, 0.3) is 0 Å². The van der Waals surface area contributed by atoms with Crippen molar-refractivity contribution in [2.75, 3.05) is 15.8 Å². The van der Waals surface area contributed by atoms with Gasteiger partial charge in [-0.15, -0.1) is 0 Å². The van der Waals surface area contributed by atoms with E-state index in [-0.39, 0.29) is 22.0 Å². The SMILES string of the molecule is O=C(O)c1ccc(Cl)c(S(=O)(=O)N(c2cccc(O)c2)[C@H]2CS(=O)(=O)C[C@@H]2O)c1. The van der Waals surface area contributed by atoms with Crippen LogP contribution < -0.4 is 4.31 Å². The Morgan fingerprint density at radius 1 is 1.14 bits per heavy atom. The van der Waals surface area contributed by atoms with E-state index in [2.05, 4.69) is 0 Å². The zero-order valence-electron chi connectivity index (χ0n) is 14.6. The normalized spacial score (nSPS) is 21.0. The number of halogens is 1. The number of phenols is 1. The van der Waals surface area contributed by atoms with Crippen molar-refractivity contribution in [2.24, 2.45) is 0 Å². The fraction of sp³-hybridized carbons (Fsp3) is 0.235. The lowest BCUT2D eigenvalue weighted by atomic mass is 10.2. The summed E-state index contributed by atoms with van der Waals surface area (Å²) in [6, 6.07) is 6.71. The van der Waals surface area contributed by atoms with Crippen LogP contribution in [0.4, 0.5) is 5.69 Å². The molecule has 29 heavy (non-hydrogen) atoms. The number of aliphatic hydroxyl groups is 1. The van der Waals surface area contributed by atoms with Crippen LogP contribution in [0.3, 0.4) is 0 Å². The van der Waals surface area contributed by atoms with Gasteiger partial charge in [-0.3, -0.25) is 4.31 Å². The summed E-state index contributed by atoms with van der Waals surface area (Å²) in [5, 5.41) is 28.9. The van der Waals surface area contributed by atoms with E-state index in [0.717, 1.165) is 24.3 Å². The number of benzene rings is 2. The Kier molecular flexibility index (Phi) is 5.52. The van der Waals surface area contributed by atoms with Gasteiger partial charge >= 0.3 is 5.97 Å². The molecule has 1 saturated heterocycles. The van der Waals surface area contributed by atoms with Crippen LogP contribution in [0, 0.1) is 0 Å². The fourth-order valence-electron chi connectivity index (χ4n) is 3.11. The van der Waals surface area contributed by atoms with E-state index in [1.165, 1.54) is 18.2 Å². The molecule has 1 fully saturated rings. The average Bonchev–Trinajstić information content (AvgIpc) is 2.87. The maximum atomic E-state index is 13.4. The molecule has 2 aromatic carbocycles. The second kappa shape index (κ2) is 7.48. The highest BCUT2D eigenvalue weighted by molar-refractivity contribution is 7.93. The molecule has 1 aliphatic rings. The Hall–Kier alpha value is -2.34. The van der Waals surface area contributed by atoms with Gasteiger partial charge in [-0.1, -0.05) is 17.7 Å². The monoisotopic (exact) mass is 461 g/mol. The molecule has 12 heteroatoms. The summed E-state index contributed by atoms with van der Waals surface area (Å²) in [7, 11) is -8.35. The zero-order chi connectivity index (χ0) is 21.6. The second-order valence-corrected chi connectivity index (χ2v) is 10.8. The first-order valence-electron chi connectivity index (χ1n) is 8.17. The second-order valence-electron chi connectivity index (χ2n) is 6.48. The summed E-state index contributed by atoms with van der Waals surface area (Å²) in [5.74, 6) is -2.96. The van der Waals surface area contributed by atoms with Gasteiger partial charge in [0.05, 0.1) is 39.9 Å². The molecule has 3 rings (SSSR count). The molecule has 156 valence electrons. The number of rotatable bonds is 5. The van der Waals surface area contributed by atoms with Gasteiger partial charge in [-0.2, -0.15) is 0 Å². The van der Waals surface area contributed by atoms with Gasteiger partial charge in [-0.05, 0) is 30.3 Å². The lowest BCUT2D eigenvalue weighted by Gasteiger charge is -2.31. The van der Waals surface area contributed by atoms with E-state index in [1.807, 2.05) is 0 Å². The molecule has 3 N–H and O–H groups in total. The number of carboxylic acid groups (broad SMARTS) is 1. The van der Waals surface area contributed by atoms with Crippen LogP contribution in [0.2, 0.25) is 5.02 Å². The van der Waals surface area contributed by atoms with Crippen molar-refractivity contribution in [3.63, 3.8) is 0 Å². The lowest BCUT2D eigenvalue weighted by molar-refractivity contribution is 0.0696.